The summed E-state index contributed by atoms with van der Waals surface area (Å²) in [5.41, 5.74) is 7.62. The van der Waals surface area contributed by atoms with Crippen molar-refractivity contribution < 1.29 is 14.3 Å². The van der Waals surface area contributed by atoms with Gasteiger partial charge in [0.1, 0.15) is 6.10 Å². The van der Waals surface area contributed by atoms with Crippen molar-refractivity contribution in [2.24, 2.45) is 36.0 Å². The lowest BCUT2D eigenvalue weighted by atomic mass is 9.48. The highest BCUT2D eigenvalue weighted by Gasteiger charge is 2.59. The lowest BCUT2D eigenvalue weighted by Gasteiger charge is -2.58. The molecule has 178 valence electrons. The Bertz CT molecular complexity index is 1280. The number of aromatic nitrogens is 2. The van der Waals surface area contributed by atoms with E-state index >= 15 is 0 Å². The summed E-state index contributed by atoms with van der Waals surface area (Å²) in [6.07, 6.45) is 10.2. The van der Waals surface area contributed by atoms with Crippen LogP contribution in [0, 0.1) is 35.5 Å². The van der Waals surface area contributed by atoms with Gasteiger partial charge in [-0.25, -0.2) is 9.59 Å². The van der Waals surface area contributed by atoms with E-state index in [0.29, 0.717) is 25.4 Å². The summed E-state index contributed by atoms with van der Waals surface area (Å²) in [6, 6.07) is 5.46. The number of hydrogen-bond acceptors (Lipinski definition) is 4. The van der Waals surface area contributed by atoms with Crippen LogP contribution in [0.1, 0.15) is 50.1 Å². The molecule has 8 heteroatoms. The second kappa shape index (κ2) is 7.39. The second-order valence-corrected chi connectivity index (χ2v) is 10.9. The molecule has 2 heterocycles. The van der Waals surface area contributed by atoms with Gasteiger partial charge < -0.3 is 15.4 Å². The van der Waals surface area contributed by atoms with Gasteiger partial charge in [-0.1, -0.05) is 5.92 Å². The fraction of sp³-hybridized carbons (Fsp3) is 0.577. The number of carbonyl (C=O) groups excluding carboxylic acids is 2. The van der Waals surface area contributed by atoms with Crippen LogP contribution in [0.2, 0.25) is 0 Å². The fourth-order valence-corrected chi connectivity index (χ4v) is 7.59. The van der Waals surface area contributed by atoms with Gasteiger partial charge in [0.2, 0.25) is 5.91 Å². The fourth-order valence-electron chi connectivity index (χ4n) is 7.59. The molecule has 1 aliphatic heterocycles. The number of likely N-dealkylation sites (tertiary alicyclic amines) is 1. The van der Waals surface area contributed by atoms with Crippen molar-refractivity contribution in [2.45, 2.75) is 50.7 Å². The molecule has 4 aliphatic carbocycles. The zero-order valence-electron chi connectivity index (χ0n) is 19.4. The molecule has 0 spiro atoms. The van der Waals surface area contributed by atoms with Gasteiger partial charge in [0.05, 0.1) is 22.5 Å². The summed E-state index contributed by atoms with van der Waals surface area (Å²) < 4.78 is 9.48. The lowest BCUT2D eigenvalue weighted by molar-refractivity contribution is -0.161. The molecular formula is C26H30N4O4. The van der Waals surface area contributed by atoms with E-state index in [0.717, 1.165) is 48.7 Å². The maximum atomic E-state index is 13.2. The molecule has 1 aromatic carbocycles. The van der Waals surface area contributed by atoms with Crippen molar-refractivity contribution >= 4 is 23.0 Å². The SMILES string of the molecule is C#Cc1ccc2c(c1)n(C)c(=O)n2[C@H]1CCN(C(=O)OC2C3CC4CC2CC(C(N)=O)(C4)C3)C1. The average Bonchev–Trinajstić information content (AvgIpc) is 3.38. The first kappa shape index (κ1) is 21.3. The Labute approximate surface area is 198 Å². The van der Waals surface area contributed by atoms with Gasteiger partial charge in [-0.15, -0.1) is 6.42 Å². The number of carbonyl (C=O) groups is 2. The lowest BCUT2D eigenvalue weighted by Crippen LogP contribution is -2.59. The molecule has 1 aromatic heterocycles. The third-order valence-electron chi connectivity index (χ3n) is 8.99. The zero-order chi connectivity index (χ0) is 23.8. The van der Waals surface area contributed by atoms with Crippen LogP contribution in [0.25, 0.3) is 11.0 Å². The summed E-state index contributed by atoms with van der Waals surface area (Å²) in [5, 5.41) is 0. The quantitative estimate of drug-likeness (QED) is 0.708. The molecule has 5 fully saturated rings. The number of ether oxygens (including phenoxy) is 1. The van der Waals surface area contributed by atoms with Gasteiger partial charge in [-0.3, -0.25) is 13.9 Å². The van der Waals surface area contributed by atoms with Crippen LogP contribution >= 0.6 is 0 Å². The first-order chi connectivity index (χ1) is 16.3. The molecule has 5 aliphatic rings. The molecule has 34 heavy (non-hydrogen) atoms. The van der Waals surface area contributed by atoms with Crippen LogP contribution < -0.4 is 11.4 Å². The Morgan fingerprint density at radius 1 is 1.18 bits per heavy atom. The topological polar surface area (TPSA) is 99.6 Å². The molecule has 8 nitrogen and oxygen atoms in total. The maximum absolute atomic E-state index is 13.2. The van der Waals surface area contributed by atoms with E-state index in [4.69, 9.17) is 16.9 Å². The molecule has 2 N–H and O–H groups in total. The van der Waals surface area contributed by atoms with Crippen LogP contribution in [-0.2, 0) is 16.6 Å². The highest BCUT2D eigenvalue weighted by atomic mass is 16.6. The third kappa shape index (κ3) is 3.02. The summed E-state index contributed by atoms with van der Waals surface area (Å²) in [6.45, 7) is 0.981. The molecule has 4 saturated carbocycles. The van der Waals surface area contributed by atoms with Crippen molar-refractivity contribution in [2.75, 3.05) is 13.1 Å². The first-order valence-corrected chi connectivity index (χ1v) is 12.2. The van der Waals surface area contributed by atoms with Crippen LogP contribution in [0.15, 0.2) is 23.0 Å². The predicted molar refractivity (Wildman–Crippen MR) is 126 cm³/mol. The van der Waals surface area contributed by atoms with E-state index in [2.05, 4.69) is 5.92 Å². The van der Waals surface area contributed by atoms with E-state index in [-0.39, 0.29) is 41.7 Å². The van der Waals surface area contributed by atoms with E-state index < -0.39 is 5.41 Å². The summed E-state index contributed by atoms with van der Waals surface area (Å²) >= 11 is 0. The molecular weight excluding hydrogens is 432 g/mol. The van der Waals surface area contributed by atoms with Gasteiger partial charge in [-0.05, 0) is 74.5 Å². The van der Waals surface area contributed by atoms with E-state index in [9.17, 15) is 14.4 Å². The average molecular weight is 463 g/mol. The maximum Gasteiger partial charge on any atom is 0.410 e. The Kier molecular flexibility index (Phi) is 4.64. The molecule has 7 rings (SSSR count). The van der Waals surface area contributed by atoms with Crippen LogP contribution in [0.4, 0.5) is 4.79 Å². The summed E-state index contributed by atoms with van der Waals surface area (Å²) in [5.74, 6) is 3.38. The van der Waals surface area contributed by atoms with Crippen LogP contribution in [-0.4, -0.2) is 45.2 Å². The van der Waals surface area contributed by atoms with Crippen molar-refractivity contribution in [1.29, 1.82) is 0 Å². The highest BCUT2D eigenvalue weighted by Crippen LogP contribution is 2.60. The number of nitrogens with zero attached hydrogens (tertiary/aromatic N) is 3. The number of benzene rings is 1. The van der Waals surface area contributed by atoms with Gasteiger partial charge in [0.15, 0.2) is 0 Å². The summed E-state index contributed by atoms with van der Waals surface area (Å²) in [4.78, 5) is 40.1. The number of hydrogen-bond donors (Lipinski definition) is 1. The number of amides is 2. The normalized spacial score (nSPS) is 33.9. The van der Waals surface area contributed by atoms with E-state index in [1.165, 1.54) is 0 Å². The minimum Gasteiger partial charge on any atom is -0.446 e. The largest absolute Gasteiger partial charge is 0.446 e. The number of primary amides is 1. The van der Waals surface area contributed by atoms with Gasteiger partial charge >= 0.3 is 11.8 Å². The molecule has 1 saturated heterocycles. The van der Waals surface area contributed by atoms with Gasteiger partial charge in [0.25, 0.3) is 0 Å². The van der Waals surface area contributed by atoms with Crippen molar-refractivity contribution in [3.63, 3.8) is 0 Å². The zero-order valence-corrected chi connectivity index (χ0v) is 19.4. The Morgan fingerprint density at radius 2 is 1.91 bits per heavy atom. The molecule has 2 aromatic rings. The number of fused-ring (bicyclic) bond motifs is 1. The number of aryl methyl sites for hydroxylation is 1. The Balaban J connectivity index is 1.18. The van der Waals surface area contributed by atoms with Crippen LogP contribution in [0.5, 0.6) is 0 Å². The third-order valence-corrected chi connectivity index (χ3v) is 8.99. The smallest absolute Gasteiger partial charge is 0.410 e. The predicted octanol–water partition coefficient (Wildman–Crippen LogP) is 2.38. The van der Waals surface area contributed by atoms with Gasteiger partial charge in [0, 0.05) is 25.7 Å². The van der Waals surface area contributed by atoms with Gasteiger partial charge in [-0.2, -0.15) is 0 Å². The number of nitrogens with two attached hydrogens (primary N) is 1. The Morgan fingerprint density at radius 3 is 2.59 bits per heavy atom. The number of rotatable bonds is 3. The highest BCUT2D eigenvalue weighted by molar-refractivity contribution is 5.81. The Hall–Kier alpha value is -3.21. The molecule has 3 atom stereocenters. The summed E-state index contributed by atoms with van der Waals surface area (Å²) in [7, 11) is 1.74. The van der Waals surface area contributed by atoms with E-state index in [1.807, 2.05) is 18.2 Å². The van der Waals surface area contributed by atoms with Crippen molar-refractivity contribution in [1.82, 2.24) is 14.0 Å². The minimum atomic E-state index is -0.396. The van der Waals surface area contributed by atoms with Crippen molar-refractivity contribution in [3.05, 3.63) is 34.2 Å². The number of imidazole rings is 1. The number of terminal acetylenes is 1. The van der Waals surface area contributed by atoms with E-state index in [1.54, 1.807) is 21.1 Å². The molecule has 2 unspecified atom stereocenters. The molecule has 2 amide bonds. The van der Waals surface area contributed by atoms with Crippen LogP contribution in [0.3, 0.4) is 0 Å². The molecule has 0 radical (unpaired) electrons. The monoisotopic (exact) mass is 462 g/mol. The first-order valence-electron chi connectivity index (χ1n) is 12.2. The standard InChI is InChI=1S/C26H30N4O4/c1-3-15-4-5-20-21(10-15)28(2)24(32)30(20)19-6-7-29(14-19)25(33)34-22-17-8-16-9-18(22)13-26(11-16,12-17)23(27)31/h1,4-5,10,16-19,22H,6-9,11-14H2,2H3,(H2,27,31)/t16?,17?,18?,19-,22?,26?/m0/s1. The van der Waals surface area contributed by atoms with Crippen molar-refractivity contribution in [3.8, 4) is 12.3 Å². The minimum absolute atomic E-state index is 0.109. The second-order valence-electron chi connectivity index (χ2n) is 10.9. The molecule has 4 bridgehead atoms.